The molecule has 2 rings (SSSR count). The van der Waals surface area contributed by atoms with Crippen molar-refractivity contribution < 1.29 is 4.74 Å². The van der Waals surface area contributed by atoms with Gasteiger partial charge in [0, 0.05) is 13.1 Å². The Morgan fingerprint density at radius 2 is 2.10 bits per heavy atom. The Balaban J connectivity index is 2.29. The fourth-order valence-corrected chi connectivity index (χ4v) is 3.07. The van der Waals surface area contributed by atoms with Crippen LogP contribution in [0.4, 0.5) is 0 Å². The molecule has 1 saturated heterocycles. The summed E-state index contributed by atoms with van der Waals surface area (Å²) in [5.41, 5.74) is 4.12. The van der Waals surface area contributed by atoms with Gasteiger partial charge in [0.15, 0.2) is 0 Å². The average Bonchev–Trinajstić information content (AvgIpc) is 2.43. The molecule has 0 saturated carbocycles. The van der Waals surface area contributed by atoms with Crippen LogP contribution in [0.1, 0.15) is 36.1 Å². The number of ether oxygens (including phenoxy) is 1. The molecule has 2 atom stereocenters. The van der Waals surface area contributed by atoms with Crippen molar-refractivity contribution in [1.29, 1.82) is 0 Å². The summed E-state index contributed by atoms with van der Waals surface area (Å²) in [4.78, 5) is 2.58. The SMILES string of the molecule is CCCN1CCOC(CNC)C1c1ccc(C)c(C)c1. The molecule has 0 amide bonds. The van der Waals surface area contributed by atoms with Crippen molar-refractivity contribution in [3.8, 4) is 0 Å². The summed E-state index contributed by atoms with van der Waals surface area (Å²) < 4.78 is 6.03. The number of benzene rings is 1. The van der Waals surface area contributed by atoms with Gasteiger partial charge in [0.25, 0.3) is 0 Å². The lowest BCUT2D eigenvalue weighted by Crippen LogP contribution is -2.48. The van der Waals surface area contributed by atoms with E-state index >= 15 is 0 Å². The number of likely N-dealkylation sites (N-methyl/N-ethyl adjacent to an activating group) is 1. The maximum absolute atomic E-state index is 6.03. The van der Waals surface area contributed by atoms with Gasteiger partial charge in [-0.15, -0.1) is 0 Å². The summed E-state index contributed by atoms with van der Waals surface area (Å²) in [6, 6.07) is 7.21. The van der Waals surface area contributed by atoms with E-state index in [2.05, 4.69) is 49.2 Å². The van der Waals surface area contributed by atoms with Crippen molar-refractivity contribution in [1.82, 2.24) is 10.2 Å². The Labute approximate surface area is 123 Å². The van der Waals surface area contributed by atoms with E-state index in [0.717, 1.165) is 26.2 Å². The first kappa shape index (κ1) is 15.5. The first-order valence-electron chi connectivity index (χ1n) is 7.74. The zero-order valence-electron chi connectivity index (χ0n) is 13.3. The Morgan fingerprint density at radius 1 is 1.30 bits per heavy atom. The lowest BCUT2D eigenvalue weighted by molar-refractivity contribution is -0.0704. The zero-order chi connectivity index (χ0) is 14.5. The number of nitrogens with zero attached hydrogens (tertiary/aromatic N) is 1. The molecule has 1 fully saturated rings. The van der Waals surface area contributed by atoms with Gasteiger partial charge >= 0.3 is 0 Å². The molecule has 3 nitrogen and oxygen atoms in total. The molecule has 1 aliphatic heterocycles. The molecule has 0 bridgehead atoms. The van der Waals surface area contributed by atoms with Gasteiger partial charge in [0.05, 0.1) is 18.8 Å². The van der Waals surface area contributed by atoms with Gasteiger partial charge in [0.2, 0.25) is 0 Å². The normalized spacial score (nSPS) is 24.0. The van der Waals surface area contributed by atoms with Crippen LogP contribution in [0.2, 0.25) is 0 Å². The van der Waals surface area contributed by atoms with E-state index in [0.29, 0.717) is 6.04 Å². The van der Waals surface area contributed by atoms with Crippen molar-refractivity contribution in [2.45, 2.75) is 39.3 Å². The molecule has 0 aromatic heterocycles. The van der Waals surface area contributed by atoms with E-state index in [4.69, 9.17) is 4.74 Å². The molecule has 1 aliphatic rings. The summed E-state index contributed by atoms with van der Waals surface area (Å²) >= 11 is 0. The van der Waals surface area contributed by atoms with Gasteiger partial charge in [-0.3, -0.25) is 4.90 Å². The molecular formula is C17H28N2O. The highest BCUT2D eigenvalue weighted by molar-refractivity contribution is 5.32. The summed E-state index contributed by atoms with van der Waals surface area (Å²) in [6.45, 7) is 10.5. The van der Waals surface area contributed by atoms with E-state index in [9.17, 15) is 0 Å². The van der Waals surface area contributed by atoms with Crippen LogP contribution >= 0.6 is 0 Å². The van der Waals surface area contributed by atoms with Crippen LogP contribution in [0, 0.1) is 13.8 Å². The predicted molar refractivity (Wildman–Crippen MR) is 84.2 cm³/mol. The van der Waals surface area contributed by atoms with Crippen LogP contribution in [0.25, 0.3) is 0 Å². The molecule has 112 valence electrons. The minimum Gasteiger partial charge on any atom is -0.374 e. The second kappa shape index (κ2) is 7.21. The third-order valence-corrected chi connectivity index (χ3v) is 4.24. The van der Waals surface area contributed by atoms with E-state index in [1.807, 2.05) is 7.05 Å². The highest BCUT2D eigenvalue weighted by Gasteiger charge is 2.32. The van der Waals surface area contributed by atoms with Crippen LogP contribution in [-0.2, 0) is 4.74 Å². The lowest BCUT2D eigenvalue weighted by Gasteiger charge is -2.41. The van der Waals surface area contributed by atoms with Crippen molar-refractivity contribution in [3.05, 3.63) is 34.9 Å². The molecule has 20 heavy (non-hydrogen) atoms. The standard InChI is InChI=1S/C17H28N2O/c1-5-8-19-9-10-20-16(12-18-4)17(19)15-7-6-13(2)14(3)11-15/h6-7,11,16-18H,5,8-10,12H2,1-4H3. The number of aryl methyl sites for hydroxylation is 2. The van der Waals surface area contributed by atoms with Crippen molar-refractivity contribution >= 4 is 0 Å². The molecular weight excluding hydrogens is 248 g/mol. The molecule has 0 radical (unpaired) electrons. The monoisotopic (exact) mass is 276 g/mol. The van der Waals surface area contributed by atoms with Gasteiger partial charge in [-0.25, -0.2) is 0 Å². The Hall–Kier alpha value is -0.900. The minimum absolute atomic E-state index is 0.238. The second-order valence-corrected chi connectivity index (χ2v) is 5.79. The van der Waals surface area contributed by atoms with Crippen molar-refractivity contribution in [2.75, 3.05) is 33.3 Å². The Bertz CT molecular complexity index is 415. The predicted octanol–water partition coefficient (Wildman–Crippen LogP) is 2.67. The molecule has 0 aliphatic carbocycles. The van der Waals surface area contributed by atoms with E-state index < -0.39 is 0 Å². The number of nitrogens with one attached hydrogen (secondary N) is 1. The molecule has 2 unspecified atom stereocenters. The summed E-state index contributed by atoms with van der Waals surface area (Å²) in [6.07, 6.45) is 1.43. The van der Waals surface area contributed by atoms with Crippen LogP contribution < -0.4 is 5.32 Å². The quantitative estimate of drug-likeness (QED) is 0.895. The third kappa shape index (κ3) is 3.40. The van der Waals surface area contributed by atoms with Gasteiger partial charge in [-0.05, 0) is 50.6 Å². The van der Waals surface area contributed by atoms with Gasteiger partial charge in [0.1, 0.15) is 0 Å². The third-order valence-electron chi connectivity index (χ3n) is 4.24. The Kier molecular flexibility index (Phi) is 5.58. The topological polar surface area (TPSA) is 24.5 Å². The molecule has 1 heterocycles. The largest absolute Gasteiger partial charge is 0.374 e. The van der Waals surface area contributed by atoms with Gasteiger partial charge in [-0.1, -0.05) is 25.1 Å². The second-order valence-electron chi connectivity index (χ2n) is 5.79. The molecule has 1 N–H and O–H groups in total. The molecule has 3 heteroatoms. The number of morpholine rings is 1. The van der Waals surface area contributed by atoms with E-state index in [1.165, 1.54) is 23.1 Å². The van der Waals surface area contributed by atoms with E-state index in [1.54, 1.807) is 0 Å². The minimum atomic E-state index is 0.238. The molecule has 1 aromatic carbocycles. The molecule has 1 aromatic rings. The van der Waals surface area contributed by atoms with Crippen LogP contribution in [0.3, 0.4) is 0 Å². The maximum atomic E-state index is 6.03. The maximum Gasteiger partial charge on any atom is 0.0896 e. The summed E-state index contributed by atoms with van der Waals surface area (Å²) in [7, 11) is 2.00. The fourth-order valence-electron chi connectivity index (χ4n) is 3.07. The highest BCUT2D eigenvalue weighted by Crippen LogP contribution is 2.30. The average molecular weight is 276 g/mol. The number of rotatable bonds is 5. The van der Waals surface area contributed by atoms with Crippen LogP contribution in [0.5, 0.6) is 0 Å². The van der Waals surface area contributed by atoms with E-state index in [-0.39, 0.29) is 6.10 Å². The first-order chi connectivity index (χ1) is 9.67. The zero-order valence-corrected chi connectivity index (χ0v) is 13.3. The summed E-state index contributed by atoms with van der Waals surface area (Å²) in [5, 5.41) is 3.27. The highest BCUT2D eigenvalue weighted by atomic mass is 16.5. The lowest BCUT2D eigenvalue weighted by atomic mass is 9.94. The summed E-state index contributed by atoms with van der Waals surface area (Å²) in [5.74, 6) is 0. The fraction of sp³-hybridized carbons (Fsp3) is 0.647. The van der Waals surface area contributed by atoms with Gasteiger partial charge < -0.3 is 10.1 Å². The van der Waals surface area contributed by atoms with Crippen LogP contribution in [0.15, 0.2) is 18.2 Å². The number of hydrogen-bond acceptors (Lipinski definition) is 3. The van der Waals surface area contributed by atoms with Gasteiger partial charge in [-0.2, -0.15) is 0 Å². The Morgan fingerprint density at radius 3 is 2.75 bits per heavy atom. The van der Waals surface area contributed by atoms with Crippen molar-refractivity contribution in [2.24, 2.45) is 0 Å². The smallest absolute Gasteiger partial charge is 0.0896 e. The molecule has 0 spiro atoms. The van der Waals surface area contributed by atoms with Crippen LogP contribution in [-0.4, -0.2) is 44.3 Å². The van der Waals surface area contributed by atoms with Crippen molar-refractivity contribution in [3.63, 3.8) is 0 Å². The number of hydrogen-bond donors (Lipinski definition) is 1. The first-order valence-corrected chi connectivity index (χ1v) is 7.74.